The molecule has 0 aliphatic carbocycles. The molecule has 0 bridgehead atoms. The van der Waals surface area contributed by atoms with E-state index < -0.39 is 0 Å². The molecule has 0 atom stereocenters. The van der Waals surface area contributed by atoms with Crippen molar-refractivity contribution in [2.24, 2.45) is 0 Å². The molecule has 2 nitrogen and oxygen atoms in total. The van der Waals surface area contributed by atoms with Gasteiger partial charge in [-0.15, -0.1) is 11.3 Å². The average molecular weight is 239 g/mol. The summed E-state index contributed by atoms with van der Waals surface area (Å²) in [6, 6.07) is 4.44. The lowest BCUT2D eigenvalue weighted by Gasteiger charge is -2.46. The van der Waals surface area contributed by atoms with Crippen molar-refractivity contribution in [1.82, 2.24) is 4.90 Å². The lowest BCUT2D eigenvalue weighted by Crippen LogP contribution is -2.60. The predicted octanol–water partition coefficient (Wildman–Crippen LogP) is 2.66. The summed E-state index contributed by atoms with van der Waals surface area (Å²) in [5.74, 6) is 0. The Morgan fingerprint density at radius 1 is 1.31 bits per heavy atom. The number of β-amino-alcohol motifs (C(OH)–C–C–N with tert-alkyl or cyclic N) is 1. The number of aryl methyl sites for hydroxylation is 1. The summed E-state index contributed by atoms with van der Waals surface area (Å²) in [5, 5.41) is 10.1. The lowest BCUT2D eigenvalue weighted by molar-refractivity contribution is -0.106. The molecule has 0 radical (unpaired) electrons. The lowest BCUT2D eigenvalue weighted by atomic mass is 9.89. The Morgan fingerprint density at radius 3 is 2.56 bits per heavy atom. The molecule has 90 valence electrons. The van der Waals surface area contributed by atoms with Gasteiger partial charge in [0.05, 0.1) is 5.60 Å². The first-order valence-corrected chi connectivity index (χ1v) is 6.99. The maximum Gasteiger partial charge on any atom is 0.0900 e. The molecule has 1 aromatic rings. The molecular formula is C13H21NOS. The zero-order chi connectivity index (χ0) is 11.6. The SMILES string of the molecule is CCCC1(O)CN(Cc2ccc(CC)s2)C1. The van der Waals surface area contributed by atoms with Crippen LogP contribution in [0.3, 0.4) is 0 Å². The van der Waals surface area contributed by atoms with Crippen LogP contribution in [0.25, 0.3) is 0 Å². The number of nitrogens with zero attached hydrogens (tertiary/aromatic N) is 1. The van der Waals surface area contributed by atoms with Crippen LogP contribution in [0.4, 0.5) is 0 Å². The van der Waals surface area contributed by atoms with Gasteiger partial charge in [0.1, 0.15) is 0 Å². The number of likely N-dealkylation sites (tertiary alicyclic amines) is 1. The van der Waals surface area contributed by atoms with Gasteiger partial charge in [0.25, 0.3) is 0 Å². The van der Waals surface area contributed by atoms with Crippen LogP contribution in [-0.2, 0) is 13.0 Å². The van der Waals surface area contributed by atoms with Gasteiger partial charge in [0.15, 0.2) is 0 Å². The van der Waals surface area contributed by atoms with Crippen molar-refractivity contribution in [3.8, 4) is 0 Å². The molecule has 0 aromatic carbocycles. The third kappa shape index (κ3) is 2.65. The second kappa shape index (κ2) is 4.86. The van der Waals surface area contributed by atoms with Crippen LogP contribution in [0.2, 0.25) is 0 Å². The van der Waals surface area contributed by atoms with Crippen LogP contribution in [0.5, 0.6) is 0 Å². The molecule has 16 heavy (non-hydrogen) atoms. The summed E-state index contributed by atoms with van der Waals surface area (Å²) < 4.78 is 0. The number of hydrogen-bond acceptors (Lipinski definition) is 3. The van der Waals surface area contributed by atoms with E-state index in [1.54, 1.807) is 0 Å². The molecule has 2 rings (SSSR count). The molecule has 0 spiro atoms. The Balaban J connectivity index is 1.81. The van der Waals surface area contributed by atoms with Gasteiger partial charge in [0.2, 0.25) is 0 Å². The van der Waals surface area contributed by atoms with E-state index in [0.717, 1.165) is 38.9 Å². The molecule has 3 heteroatoms. The summed E-state index contributed by atoms with van der Waals surface area (Å²) in [5.41, 5.74) is -0.389. The van der Waals surface area contributed by atoms with E-state index in [-0.39, 0.29) is 5.60 Å². The maximum atomic E-state index is 10.1. The third-order valence-electron chi connectivity index (χ3n) is 3.20. The highest BCUT2D eigenvalue weighted by Gasteiger charge is 2.39. The quantitative estimate of drug-likeness (QED) is 0.854. The highest BCUT2D eigenvalue weighted by Crippen LogP contribution is 2.28. The molecular weight excluding hydrogens is 218 g/mol. The molecule has 0 unspecified atom stereocenters. The van der Waals surface area contributed by atoms with Crippen molar-refractivity contribution in [2.75, 3.05) is 13.1 Å². The maximum absolute atomic E-state index is 10.1. The fourth-order valence-corrected chi connectivity index (χ4v) is 3.44. The molecule has 0 amide bonds. The third-order valence-corrected chi connectivity index (χ3v) is 4.41. The molecule has 1 fully saturated rings. The van der Waals surface area contributed by atoms with Crippen molar-refractivity contribution in [3.63, 3.8) is 0 Å². The molecule has 2 heterocycles. The van der Waals surface area contributed by atoms with Gasteiger partial charge in [-0.2, -0.15) is 0 Å². The van der Waals surface area contributed by atoms with Gasteiger partial charge < -0.3 is 5.11 Å². The van der Waals surface area contributed by atoms with Crippen LogP contribution in [0.15, 0.2) is 12.1 Å². The van der Waals surface area contributed by atoms with Gasteiger partial charge in [-0.3, -0.25) is 4.90 Å². The normalized spacial score (nSPS) is 19.7. The van der Waals surface area contributed by atoms with Gasteiger partial charge in [-0.05, 0) is 25.0 Å². The Kier molecular flexibility index (Phi) is 3.67. The molecule has 1 N–H and O–H groups in total. The summed E-state index contributed by atoms with van der Waals surface area (Å²) in [6.07, 6.45) is 3.14. The number of rotatable bonds is 5. The van der Waals surface area contributed by atoms with Crippen LogP contribution in [0, 0.1) is 0 Å². The zero-order valence-corrected chi connectivity index (χ0v) is 11.0. The smallest absolute Gasteiger partial charge is 0.0900 e. The van der Waals surface area contributed by atoms with E-state index >= 15 is 0 Å². The second-order valence-corrected chi connectivity index (χ2v) is 6.09. The van der Waals surface area contributed by atoms with Crippen molar-refractivity contribution >= 4 is 11.3 Å². The molecule has 1 aromatic heterocycles. The summed E-state index contributed by atoms with van der Waals surface area (Å²) in [6.45, 7) is 7.03. The summed E-state index contributed by atoms with van der Waals surface area (Å²) in [7, 11) is 0. The Bertz CT molecular complexity index is 341. The largest absolute Gasteiger partial charge is 0.387 e. The predicted molar refractivity (Wildman–Crippen MR) is 68.8 cm³/mol. The van der Waals surface area contributed by atoms with Crippen LogP contribution >= 0.6 is 11.3 Å². The summed E-state index contributed by atoms with van der Waals surface area (Å²) >= 11 is 1.90. The number of thiophene rings is 1. The molecule has 1 saturated heterocycles. The fourth-order valence-electron chi connectivity index (χ4n) is 2.44. The van der Waals surface area contributed by atoms with Gasteiger partial charge in [0, 0.05) is 29.4 Å². The van der Waals surface area contributed by atoms with Gasteiger partial charge in [-0.25, -0.2) is 0 Å². The van der Waals surface area contributed by atoms with E-state index in [0.29, 0.717) is 0 Å². The first kappa shape index (κ1) is 12.1. The standard InChI is InChI=1S/C13H21NOS/c1-3-7-13(15)9-14(10-13)8-12-6-5-11(4-2)16-12/h5-6,15H,3-4,7-10H2,1-2H3. The van der Waals surface area contributed by atoms with Crippen LogP contribution in [0.1, 0.15) is 36.4 Å². The molecule has 1 aliphatic rings. The van der Waals surface area contributed by atoms with Crippen LogP contribution in [-0.4, -0.2) is 28.7 Å². The van der Waals surface area contributed by atoms with E-state index in [1.807, 2.05) is 11.3 Å². The first-order valence-electron chi connectivity index (χ1n) is 6.17. The van der Waals surface area contributed by atoms with E-state index in [1.165, 1.54) is 9.75 Å². The van der Waals surface area contributed by atoms with E-state index in [9.17, 15) is 5.11 Å². The number of aliphatic hydroxyl groups is 1. The van der Waals surface area contributed by atoms with Crippen molar-refractivity contribution in [3.05, 3.63) is 21.9 Å². The van der Waals surface area contributed by atoms with Crippen molar-refractivity contribution in [1.29, 1.82) is 0 Å². The van der Waals surface area contributed by atoms with Gasteiger partial charge >= 0.3 is 0 Å². The number of hydrogen-bond donors (Lipinski definition) is 1. The Morgan fingerprint density at radius 2 is 2.00 bits per heavy atom. The topological polar surface area (TPSA) is 23.5 Å². The summed E-state index contributed by atoms with van der Waals surface area (Å²) in [4.78, 5) is 5.22. The Labute approximate surface area is 102 Å². The highest BCUT2D eigenvalue weighted by atomic mass is 32.1. The fraction of sp³-hybridized carbons (Fsp3) is 0.692. The highest BCUT2D eigenvalue weighted by molar-refractivity contribution is 7.11. The average Bonchev–Trinajstić information content (AvgIpc) is 2.64. The minimum atomic E-state index is -0.389. The molecule has 0 saturated carbocycles. The van der Waals surface area contributed by atoms with E-state index in [4.69, 9.17) is 0 Å². The van der Waals surface area contributed by atoms with Crippen molar-refractivity contribution < 1.29 is 5.11 Å². The van der Waals surface area contributed by atoms with Crippen molar-refractivity contribution in [2.45, 2.75) is 45.3 Å². The zero-order valence-electron chi connectivity index (χ0n) is 10.2. The minimum Gasteiger partial charge on any atom is -0.387 e. The minimum absolute atomic E-state index is 0.389. The first-order chi connectivity index (χ1) is 7.65. The van der Waals surface area contributed by atoms with E-state index in [2.05, 4.69) is 30.9 Å². The Hall–Kier alpha value is -0.380. The molecule has 1 aliphatic heterocycles. The van der Waals surface area contributed by atoms with Gasteiger partial charge in [-0.1, -0.05) is 20.3 Å². The monoisotopic (exact) mass is 239 g/mol. The van der Waals surface area contributed by atoms with Crippen LogP contribution < -0.4 is 0 Å². The second-order valence-electron chi connectivity index (χ2n) is 4.84.